The molecule has 1 saturated carbocycles. The highest BCUT2D eigenvalue weighted by molar-refractivity contribution is 7.89. The minimum atomic E-state index is -3.82. The van der Waals surface area contributed by atoms with Crippen LogP contribution in [0.1, 0.15) is 49.5 Å². The van der Waals surface area contributed by atoms with Crippen molar-refractivity contribution in [2.75, 3.05) is 32.1 Å². The molecule has 1 N–H and O–H groups in total. The van der Waals surface area contributed by atoms with Crippen molar-refractivity contribution in [1.82, 2.24) is 4.31 Å². The fraction of sp³-hybridized carbons (Fsp3) is 0.417. The molecular formula is C24H30N2O6S. The number of carbonyl (C=O) groups is 2. The van der Waals surface area contributed by atoms with E-state index in [0.29, 0.717) is 25.4 Å². The number of methoxy groups -OCH3 is 1. The van der Waals surface area contributed by atoms with Crippen molar-refractivity contribution >= 4 is 27.6 Å². The number of ether oxygens (including phenoxy) is 2. The van der Waals surface area contributed by atoms with Gasteiger partial charge in [0, 0.05) is 24.3 Å². The van der Waals surface area contributed by atoms with Gasteiger partial charge in [-0.15, -0.1) is 0 Å². The van der Waals surface area contributed by atoms with Gasteiger partial charge in [-0.05, 0) is 55.7 Å². The van der Waals surface area contributed by atoms with Crippen molar-refractivity contribution in [3.63, 3.8) is 0 Å². The number of sulfonamides is 1. The lowest BCUT2D eigenvalue weighted by molar-refractivity contribution is -0.146. The SMILES string of the molecule is CCOC(=O)C1(c2ccc(NC(=O)c3ccc(OC)c(S(=O)(=O)N(CC)CC)c3)cc2)CC1. The molecule has 1 fully saturated rings. The Labute approximate surface area is 194 Å². The van der Waals surface area contributed by atoms with Crippen molar-refractivity contribution in [1.29, 1.82) is 0 Å². The third kappa shape index (κ3) is 4.89. The summed E-state index contributed by atoms with van der Waals surface area (Å²) in [6.07, 6.45) is 1.49. The molecule has 0 saturated heterocycles. The van der Waals surface area contributed by atoms with Gasteiger partial charge < -0.3 is 14.8 Å². The lowest BCUT2D eigenvalue weighted by Gasteiger charge is -2.20. The van der Waals surface area contributed by atoms with Crippen LogP contribution in [0.4, 0.5) is 5.69 Å². The van der Waals surface area contributed by atoms with Crippen molar-refractivity contribution in [2.24, 2.45) is 0 Å². The maximum absolute atomic E-state index is 13.0. The zero-order valence-corrected chi connectivity index (χ0v) is 20.2. The predicted octanol–water partition coefficient (Wildman–Crippen LogP) is 3.57. The van der Waals surface area contributed by atoms with E-state index < -0.39 is 21.3 Å². The molecular weight excluding hydrogens is 444 g/mol. The summed E-state index contributed by atoms with van der Waals surface area (Å²) in [6, 6.07) is 11.4. The molecule has 1 aliphatic rings. The number of nitrogens with zero attached hydrogens (tertiary/aromatic N) is 1. The summed E-state index contributed by atoms with van der Waals surface area (Å²) in [4.78, 5) is 25.1. The van der Waals surface area contributed by atoms with Crippen molar-refractivity contribution in [2.45, 2.75) is 43.9 Å². The average molecular weight is 475 g/mol. The summed E-state index contributed by atoms with van der Waals surface area (Å²) in [7, 11) is -2.43. The van der Waals surface area contributed by atoms with Gasteiger partial charge in [-0.2, -0.15) is 4.31 Å². The normalized spacial score (nSPS) is 14.6. The Morgan fingerprint density at radius 2 is 1.67 bits per heavy atom. The van der Waals surface area contributed by atoms with Gasteiger partial charge in [-0.3, -0.25) is 9.59 Å². The fourth-order valence-corrected chi connectivity index (χ4v) is 5.44. The first-order valence-corrected chi connectivity index (χ1v) is 12.4. The second kappa shape index (κ2) is 9.93. The lowest BCUT2D eigenvalue weighted by Crippen LogP contribution is -2.31. The molecule has 33 heavy (non-hydrogen) atoms. The molecule has 1 amide bonds. The average Bonchev–Trinajstić information content (AvgIpc) is 3.62. The number of nitrogens with one attached hydrogen (secondary N) is 1. The highest BCUT2D eigenvalue weighted by atomic mass is 32.2. The molecule has 2 aromatic carbocycles. The van der Waals surface area contributed by atoms with Crippen molar-refractivity contribution in [3.8, 4) is 5.75 Å². The molecule has 0 radical (unpaired) electrons. The van der Waals surface area contributed by atoms with Gasteiger partial charge in [0.2, 0.25) is 10.0 Å². The Hall–Kier alpha value is -2.91. The molecule has 178 valence electrons. The van der Waals surface area contributed by atoms with E-state index in [1.54, 1.807) is 32.9 Å². The number of hydrogen-bond acceptors (Lipinski definition) is 6. The summed E-state index contributed by atoms with van der Waals surface area (Å²) in [6.45, 7) is 6.23. The Bertz CT molecular complexity index is 1120. The molecule has 0 aliphatic heterocycles. The number of hydrogen-bond donors (Lipinski definition) is 1. The maximum Gasteiger partial charge on any atom is 0.316 e. The van der Waals surface area contributed by atoms with Crippen LogP contribution >= 0.6 is 0 Å². The third-order valence-electron chi connectivity index (χ3n) is 5.86. The van der Waals surface area contributed by atoms with Gasteiger partial charge in [0.25, 0.3) is 5.91 Å². The molecule has 0 unspecified atom stereocenters. The zero-order chi connectivity index (χ0) is 24.2. The van der Waals surface area contributed by atoms with E-state index in [4.69, 9.17) is 9.47 Å². The number of amides is 1. The van der Waals surface area contributed by atoms with Gasteiger partial charge in [0.15, 0.2) is 0 Å². The van der Waals surface area contributed by atoms with Gasteiger partial charge in [-0.1, -0.05) is 26.0 Å². The molecule has 0 aromatic heterocycles. The van der Waals surface area contributed by atoms with Crippen LogP contribution in [0.25, 0.3) is 0 Å². The van der Waals surface area contributed by atoms with Gasteiger partial charge >= 0.3 is 5.97 Å². The summed E-state index contributed by atoms with van der Waals surface area (Å²) < 4.78 is 37.8. The first-order chi connectivity index (χ1) is 15.7. The van der Waals surface area contributed by atoms with Crippen molar-refractivity contribution in [3.05, 3.63) is 53.6 Å². The fourth-order valence-electron chi connectivity index (χ4n) is 3.80. The van der Waals surface area contributed by atoms with Crippen LogP contribution in [0.3, 0.4) is 0 Å². The number of anilines is 1. The number of esters is 1. The molecule has 0 atom stereocenters. The second-order valence-corrected chi connectivity index (χ2v) is 9.70. The predicted molar refractivity (Wildman–Crippen MR) is 125 cm³/mol. The standard InChI is InChI=1S/C24H30N2O6S/c1-5-26(6-2)33(29,30)21-16-17(8-13-20(21)31-4)22(27)25-19-11-9-18(10-12-19)24(14-15-24)23(28)32-7-3/h8-13,16H,5-7,14-15H2,1-4H3,(H,25,27). The Morgan fingerprint density at radius 1 is 1.03 bits per heavy atom. The van der Waals surface area contributed by atoms with Gasteiger partial charge in [0.1, 0.15) is 10.6 Å². The van der Waals surface area contributed by atoms with Crippen LogP contribution in [0.5, 0.6) is 5.75 Å². The molecule has 9 heteroatoms. The van der Waals surface area contributed by atoms with Gasteiger partial charge in [-0.25, -0.2) is 8.42 Å². The minimum absolute atomic E-state index is 0.0539. The molecule has 3 rings (SSSR count). The van der Waals surface area contributed by atoms with Crippen LogP contribution in [0, 0.1) is 0 Å². The van der Waals surface area contributed by atoms with E-state index in [1.807, 2.05) is 12.1 Å². The van der Waals surface area contributed by atoms with E-state index >= 15 is 0 Å². The summed E-state index contributed by atoms with van der Waals surface area (Å²) in [5.41, 5.74) is 1.00. The largest absolute Gasteiger partial charge is 0.495 e. The van der Waals surface area contributed by atoms with Crippen molar-refractivity contribution < 1.29 is 27.5 Å². The molecule has 8 nitrogen and oxygen atoms in total. The highest BCUT2D eigenvalue weighted by Crippen LogP contribution is 2.49. The van der Waals surface area contributed by atoms with E-state index in [1.165, 1.54) is 29.6 Å². The lowest BCUT2D eigenvalue weighted by atomic mass is 9.96. The van der Waals surface area contributed by atoms with Crippen LogP contribution in [-0.2, 0) is 25.0 Å². The Balaban J connectivity index is 1.82. The number of carbonyl (C=O) groups excluding carboxylic acids is 2. The van der Waals surface area contributed by atoms with Crippen LogP contribution in [0.2, 0.25) is 0 Å². The quantitative estimate of drug-likeness (QED) is 0.528. The van der Waals surface area contributed by atoms with Crippen LogP contribution < -0.4 is 10.1 Å². The maximum atomic E-state index is 13.0. The highest BCUT2D eigenvalue weighted by Gasteiger charge is 2.52. The smallest absolute Gasteiger partial charge is 0.316 e. The molecule has 0 bridgehead atoms. The molecule has 0 heterocycles. The number of benzene rings is 2. The van der Waals surface area contributed by atoms with E-state index in [9.17, 15) is 18.0 Å². The second-order valence-electron chi connectivity index (χ2n) is 7.79. The Morgan fingerprint density at radius 3 is 2.18 bits per heavy atom. The zero-order valence-electron chi connectivity index (χ0n) is 19.4. The first kappa shape index (κ1) is 24.7. The van der Waals surface area contributed by atoms with E-state index in [2.05, 4.69) is 5.32 Å². The van der Waals surface area contributed by atoms with Crippen LogP contribution in [0.15, 0.2) is 47.4 Å². The monoisotopic (exact) mass is 474 g/mol. The van der Waals surface area contributed by atoms with Gasteiger partial charge in [0.05, 0.1) is 19.1 Å². The Kier molecular flexibility index (Phi) is 7.44. The molecule has 0 spiro atoms. The summed E-state index contributed by atoms with van der Waals surface area (Å²) in [5, 5.41) is 2.78. The number of rotatable bonds is 10. The summed E-state index contributed by atoms with van der Waals surface area (Å²) in [5.74, 6) is -0.494. The van der Waals surface area contributed by atoms with Crippen LogP contribution in [-0.4, -0.2) is 51.4 Å². The minimum Gasteiger partial charge on any atom is -0.495 e. The first-order valence-electron chi connectivity index (χ1n) is 11.0. The molecule has 2 aromatic rings. The third-order valence-corrected chi connectivity index (χ3v) is 7.93. The van der Waals surface area contributed by atoms with E-state index in [-0.39, 0.29) is 22.2 Å². The topological polar surface area (TPSA) is 102 Å². The summed E-state index contributed by atoms with van der Waals surface area (Å²) >= 11 is 0. The molecule has 1 aliphatic carbocycles. The van der Waals surface area contributed by atoms with E-state index in [0.717, 1.165) is 18.4 Å².